The molecule has 4 aromatic rings. The van der Waals surface area contributed by atoms with E-state index in [2.05, 4.69) is 23.4 Å². The number of rotatable bonds is 8. The predicted molar refractivity (Wildman–Crippen MR) is 143 cm³/mol. The molecule has 1 aliphatic heterocycles. The quantitative estimate of drug-likeness (QED) is 0.167. The Bertz CT molecular complexity index is 1490. The van der Waals surface area contributed by atoms with Crippen LogP contribution in [0.15, 0.2) is 70.1 Å². The van der Waals surface area contributed by atoms with Gasteiger partial charge in [-0.15, -0.1) is 0 Å². The lowest BCUT2D eigenvalue weighted by Crippen LogP contribution is -2.29. The summed E-state index contributed by atoms with van der Waals surface area (Å²) in [6.07, 6.45) is 4.04. The van der Waals surface area contributed by atoms with Crippen LogP contribution in [-0.2, 0) is 9.59 Å². The topological polar surface area (TPSA) is 83.6 Å². The first kappa shape index (κ1) is 23.3. The Labute approximate surface area is 211 Å². The lowest BCUT2D eigenvalue weighted by Gasteiger charge is -2.13. The van der Waals surface area contributed by atoms with Crippen LogP contribution in [0, 0.1) is 0 Å². The minimum absolute atomic E-state index is 0.113. The standard InChI is InChI=1S/C27H22N2O4S2/c30-24(31)11-2-1-5-14-29-26(32)23(35-27(29)34)16-17-12-13-22-21(15-17)25(33-28-22)20-10-6-8-18-7-3-4-9-19(18)20/h3-4,6-10,12-13,15-16H,1-2,5,11,14H2,(H,30,31)/b23-16+. The molecule has 1 N–H and O–H groups in total. The summed E-state index contributed by atoms with van der Waals surface area (Å²) in [6, 6.07) is 20.0. The zero-order valence-electron chi connectivity index (χ0n) is 18.8. The molecule has 0 atom stereocenters. The predicted octanol–water partition coefficient (Wildman–Crippen LogP) is 6.49. The molecule has 1 amide bonds. The first-order chi connectivity index (χ1) is 17.0. The second-order valence-corrected chi connectivity index (χ2v) is 10.0. The van der Waals surface area contributed by atoms with Crippen LogP contribution >= 0.6 is 24.0 Å². The van der Waals surface area contributed by atoms with Gasteiger partial charge in [0.2, 0.25) is 0 Å². The van der Waals surface area contributed by atoms with Crippen molar-refractivity contribution in [2.24, 2.45) is 0 Å². The van der Waals surface area contributed by atoms with E-state index in [0.29, 0.717) is 34.4 Å². The van der Waals surface area contributed by atoms with E-state index in [0.717, 1.165) is 39.2 Å². The van der Waals surface area contributed by atoms with Crippen molar-refractivity contribution in [3.8, 4) is 11.3 Å². The molecule has 35 heavy (non-hydrogen) atoms. The number of aromatic nitrogens is 1. The highest BCUT2D eigenvalue weighted by Gasteiger charge is 2.31. The lowest BCUT2D eigenvalue weighted by atomic mass is 10.00. The van der Waals surface area contributed by atoms with E-state index in [-0.39, 0.29) is 12.3 Å². The molecular weight excluding hydrogens is 480 g/mol. The molecule has 1 fully saturated rings. The molecule has 3 aromatic carbocycles. The number of hydrogen-bond acceptors (Lipinski definition) is 6. The van der Waals surface area contributed by atoms with E-state index in [1.54, 1.807) is 4.90 Å². The molecule has 1 aliphatic rings. The van der Waals surface area contributed by atoms with Gasteiger partial charge in [0.1, 0.15) is 9.84 Å². The number of benzene rings is 3. The second-order valence-electron chi connectivity index (χ2n) is 8.35. The molecule has 0 saturated carbocycles. The molecule has 1 aromatic heterocycles. The van der Waals surface area contributed by atoms with Crippen LogP contribution in [0.1, 0.15) is 31.2 Å². The second kappa shape index (κ2) is 10.0. The van der Waals surface area contributed by atoms with Gasteiger partial charge in [-0.3, -0.25) is 14.5 Å². The van der Waals surface area contributed by atoms with E-state index >= 15 is 0 Å². The summed E-state index contributed by atoms with van der Waals surface area (Å²) in [7, 11) is 0. The molecule has 0 aliphatic carbocycles. The minimum Gasteiger partial charge on any atom is -0.481 e. The Kier molecular flexibility index (Phi) is 6.66. The van der Waals surface area contributed by atoms with Gasteiger partial charge in [0.25, 0.3) is 5.91 Å². The van der Waals surface area contributed by atoms with Crippen molar-refractivity contribution in [2.75, 3.05) is 6.54 Å². The van der Waals surface area contributed by atoms with Crippen LogP contribution in [0.2, 0.25) is 0 Å². The Balaban J connectivity index is 1.39. The van der Waals surface area contributed by atoms with Crippen LogP contribution < -0.4 is 0 Å². The van der Waals surface area contributed by atoms with Crippen LogP contribution in [0.4, 0.5) is 0 Å². The summed E-state index contributed by atoms with van der Waals surface area (Å²) in [5, 5.41) is 16.1. The highest BCUT2D eigenvalue weighted by Crippen LogP contribution is 2.36. The fourth-order valence-electron chi connectivity index (χ4n) is 4.23. The monoisotopic (exact) mass is 502 g/mol. The van der Waals surface area contributed by atoms with Crippen LogP contribution in [0.3, 0.4) is 0 Å². The number of unbranched alkanes of at least 4 members (excludes halogenated alkanes) is 2. The Hall–Kier alpha value is -3.49. The van der Waals surface area contributed by atoms with Crippen molar-refractivity contribution < 1.29 is 19.2 Å². The van der Waals surface area contributed by atoms with E-state index < -0.39 is 5.97 Å². The maximum atomic E-state index is 13.0. The van der Waals surface area contributed by atoms with Gasteiger partial charge in [-0.05, 0) is 47.4 Å². The molecule has 0 bridgehead atoms. The molecule has 6 nitrogen and oxygen atoms in total. The molecule has 5 rings (SSSR count). The van der Waals surface area contributed by atoms with Gasteiger partial charge < -0.3 is 9.63 Å². The number of carbonyl (C=O) groups is 2. The molecule has 2 heterocycles. The number of fused-ring (bicyclic) bond motifs is 2. The SMILES string of the molecule is O=C(O)CCCCCN1C(=O)/C(=C\c2ccc3noc(-c4cccc5ccccc45)c3c2)SC1=S. The molecular formula is C27H22N2O4S2. The summed E-state index contributed by atoms with van der Waals surface area (Å²) in [6.45, 7) is 0.498. The normalized spacial score (nSPS) is 15.1. The summed E-state index contributed by atoms with van der Waals surface area (Å²) < 4.78 is 6.29. The highest BCUT2D eigenvalue weighted by molar-refractivity contribution is 8.26. The lowest BCUT2D eigenvalue weighted by molar-refractivity contribution is -0.137. The zero-order chi connectivity index (χ0) is 24.4. The largest absolute Gasteiger partial charge is 0.481 e. The third-order valence-corrected chi connectivity index (χ3v) is 7.36. The molecule has 0 radical (unpaired) electrons. The number of carbonyl (C=O) groups excluding carboxylic acids is 1. The summed E-state index contributed by atoms with van der Waals surface area (Å²) in [4.78, 5) is 25.8. The number of carboxylic acids is 1. The zero-order valence-corrected chi connectivity index (χ0v) is 20.4. The number of aliphatic carboxylic acids is 1. The molecule has 8 heteroatoms. The maximum Gasteiger partial charge on any atom is 0.303 e. The minimum atomic E-state index is -0.799. The van der Waals surface area contributed by atoms with Crippen LogP contribution in [0.5, 0.6) is 0 Å². The molecule has 0 unspecified atom stereocenters. The van der Waals surface area contributed by atoms with Crippen LogP contribution in [-0.4, -0.2) is 37.9 Å². The van der Waals surface area contributed by atoms with Crippen LogP contribution in [0.25, 0.3) is 39.1 Å². The van der Waals surface area contributed by atoms with Crippen molar-refractivity contribution >= 4 is 67.9 Å². The number of hydrogen-bond donors (Lipinski definition) is 1. The van der Waals surface area contributed by atoms with Crippen molar-refractivity contribution in [1.29, 1.82) is 0 Å². The third kappa shape index (κ3) is 4.85. The van der Waals surface area contributed by atoms with Gasteiger partial charge in [-0.25, -0.2) is 0 Å². The molecule has 176 valence electrons. The Morgan fingerprint density at radius 3 is 2.74 bits per heavy atom. The number of amides is 1. The number of nitrogens with zero attached hydrogens (tertiary/aromatic N) is 2. The van der Waals surface area contributed by atoms with Crippen molar-refractivity contribution in [3.63, 3.8) is 0 Å². The van der Waals surface area contributed by atoms with E-state index in [1.165, 1.54) is 11.8 Å². The average molecular weight is 503 g/mol. The molecule has 0 spiro atoms. The van der Waals surface area contributed by atoms with Crippen molar-refractivity contribution in [3.05, 3.63) is 71.1 Å². The summed E-state index contributed by atoms with van der Waals surface area (Å²) in [5.41, 5.74) is 2.58. The van der Waals surface area contributed by atoms with E-state index in [9.17, 15) is 9.59 Å². The van der Waals surface area contributed by atoms with Gasteiger partial charge in [0, 0.05) is 18.5 Å². The third-order valence-electron chi connectivity index (χ3n) is 5.98. The van der Waals surface area contributed by atoms with Crippen molar-refractivity contribution in [2.45, 2.75) is 25.7 Å². The van der Waals surface area contributed by atoms with Gasteiger partial charge >= 0.3 is 5.97 Å². The van der Waals surface area contributed by atoms with Gasteiger partial charge in [0.05, 0.1) is 10.3 Å². The first-order valence-electron chi connectivity index (χ1n) is 11.4. The van der Waals surface area contributed by atoms with Crippen molar-refractivity contribution in [1.82, 2.24) is 10.1 Å². The van der Waals surface area contributed by atoms with E-state index in [1.807, 2.05) is 48.5 Å². The number of carboxylic acid groups (broad SMARTS) is 1. The highest BCUT2D eigenvalue weighted by atomic mass is 32.2. The average Bonchev–Trinajstić information content (AvgIpc) is 3.38. The maximum absolute atomic E-state index is 13.0. The van der Waals surface area contributed by atoms with Gasteiger partial charge in [0.15, 0.2) is 5.76 Å². The molecule has 1 saturated heterocycles. The fourth-order valence-corrected chi connectivity index (χ4v) is 5.54. The smallest absolute Gasteiger partial charge is 0.303 e. The first-order valence-corrected chi connectivity index (χ1v) is 12.6. The number of thioether (sulfide) groups is 1. The summed E-state index contributed by atoms with van der Waals surface area (Å²) >= 11 is 6.72. The Morgan fingerprint density at radius 1 is 1.06 bits per heavy atom. The van der Waals surface area contributed by atoms with E-state index in [4.69, 9.17) is 21.8 Å². The summed E-state index contributed by atoms with van der Waals surface area (Å²) in [5.74, 6) is -0.217. The fraction of sp³-hybridized carbons (Fsp3) is 0.185. The number of thiocarbonyl (C=S) groups is 1. The van der Waals surface area contributed by atoms with Gasteiger partial charge in [-0.1, -0.05) is 84.1 Å². The van der Waals surface area contributed by atoms with Gasteiger partial charge in [-0.2, -0.15) is 0 Å². The Morgan fingerprint density at radius 2 is 1.89 bits per heavy atom.